The summed E-state index contributed by atoms with van der Waals surface area (Å²) in [5.74, 6) is 0. The maximum atomic E-state index is 2.08. The molecule has 0 aliphatic carbocycles. The highest BCUT2D eigenvalue weighted by atomic mass is 13.8. The Bertz CT molecular complexity index is 134. The summed E-state index contributed by atoms with van der Waals surface area (Å²) in [7, 11) is 0. The van der Waals surface area contributed by atoms with E-state index >= 15 is 0 Å². The molecule has 0 bridgehead atoms. The van der Waals surface area contributed by atoms with Crippen molar-refractivity contribution in [3.05, 3.63) is 35.9 Å². The molecule has 8 heavy (non-hydrogen) atoms. The summed E-state index contributed by atoms with van der Waals surface area (Å²) >= 11 is 0. The lowest BCUT2D eigenvalue weighted by Crippen LogP contribution is -1.62. The largest absolute Gasteiger partial charge is 0.0776 e. The van der Waals surface area contributed by atoms with E-state index < -0.39 is 0 Å². The molecule has 0 amide bonds. The van der Waals surface area contributed by atoms with Gasteiger partial charge in [-0.3, -0.25) is 0 Å². The third-order valence-corrected chi connectivity index (χ3v) is 0.940. The first-order chi connectivity index (χ1) is 3.39. The van der Waals surface area contributed by atoms with Crippen LogP contribution in [0.1, 0.15) is 14.4 Å². The molecule has 0 unspecified atom stereocenters. The summed E-state index contributed by atoms with van der Waals surface area (Å²) < 4.78 is 0. The standard InChI is InChI=1S/C7H8.CH4.H2/c1-7-5-3-2-4-6-7;;/h2-6H,1H3;1H4;1H/i;;1+1. The Morgan fingerprint density at radius 3 is 1.88 bits per heavy atom. The second-order valence-corrected chi connectivity index (χ2v) is 1.65. The molecule has 0 fully saturated rings. The second-order valence-electron chi connectivity index (χ2n) is 1.65. The molecule has 0 nitrogen and oxygen atoms in total. The number of hydrogen-bond acceptors (Lipinski definition) is 0. The van der Waals surface area contributed by atoms with Gasteiger partial charge in [-0.15, -0.1) is 0 Å². The minimum atomic E-state index is 0. The van der Waals surface area contributed by atoms with Gasteiger partial charge >= 0.3 is 0 Å². The minimum Gasteiger partial charge on any atom is -0.0776 e. The zero-order chi connectivity index (χ0) is 5.11. The Morgan fingerprint density at radius 1 is 1.12 bits per heavy atom. The van der Waals surface area contributed by atoms with Crippen LogP contribution in [0.3, 0.4) is 0 Å². The van der Waals surface area contributed by atoms with Gasteiger partial charge in [-0.1, -0.05) is 43.3 Å². The Balaban J connectivity index is 0. The van der Waals surface area contributed by atoms with E-state index in [1.54, 1.807) is 0 Å². The molecule has 1 aromatic carbocycles. The van der Waals surface area contributed by atoms with E-state index in [1.165, 1.54) is 5.56 Å². The Hall–Kier alpha value is -0.780. The fourth-order valence-corrected chi connectivity index (χ4v) is 0.534. The van der Waals surface area contributed by atoms with Gasteiger partial charge in [-0.2, -0.15) is 0 Å². The maximum Gasteiger partial charge on any atom is 0 e. The van der Waals surface area contributed by atoms with Crippen LogP contribution in [0.15, 0.2) is 30.3 Å². The summed E-state index contributed by atoms with van der Waals surface area (Å²) in [6.45, 7) is 2.08. The highest BCUT2D eigenvalue weighted by Gasteiger charge is 1.72. The van der Waals surface area contributed by atoms with Gasteiger partial charge in [-0.25, -0.2) is 0 Å². The van der Waals surface area contributed by atoms with Crippen LogP contribution in [-0.4, -0.2) is 0 Å². The lowest BCUT2D eigenvalue weighted by Gasteiger charge is -1.82. The summed E-state index contributed by atoms with van der Waals surface area (Å²) in [6.07, 6.45) is 0. The highest BCUT2D eigenvalue weighted by Crippen LogP contribution is 1.92. The van der Waals surface area contributed by atoms with Gasteiger partial charge in [-0.05, 0) is 6.92 Å². The van der Waals surface area contributed by atoms with E-state index in [0.29, 0.717) is 0 Å². The summed E-state index contributed by atoms with van der Waals surface area (Å²) in [5, 5.41) is 0. The molecule has 0 aliphatic heterocycles. The molecule has 0 N–H and O–H groups in total. The van der Waals surface area contributed by atoms with Crippen LogP contribution >= 0.6 is 0 Å². The van der Waals surface area contributed by atoms with Crippen molar-refractivity contribution in [3.63, 3.8) is 0 Å². The zero-order valence-electron chi connectivity index (χ0n) is 4.39. The summed E-state index contributed by atoms with van der Waals surface area (Å²) in [5.41, 5.74) is 1.32. The average molecular weight is 111 g/mol. The van der Waals surface area contributed by atoms with Gasteiger partial charge < -0.3 is 0 Å². The number of hydrogen-bond donors (Lipinski definition) is 0. The molecule has 0 aliphatic rings. The van der Waals surface area contributed by atoms with Gasteiger partial charge in [0.05, 0.1) is 0 Å². The third-order valence-electron chi connectivity index (χ3n) is 0.940. The number of aryl methyl sites for hydroxylation is 1. The van der Waals surface area contributed by atoms with Crippen LogP contribution in [0.2, 0.25) is 0 Å². The molecule has 0 aromatic heterocycles. The molecule has 0 spiro atoms. The topological polar surface area (TPSA) is 0 Å². The maximum absolute atomic E-state index is 2.08. The van der Waals surface area contributed by atoms with Crippen LogP contribution in [0, 0.1) is 6.92 Å². The monoisotopic (exact) mass is 111 g/mol. The zero-order valence-corrected chi connectivity index (χ0v) is 4.39. The molecular weight excluding hydrogens is 96.1 g/mol. The lowest BCUT2D eigenvalue weighted by molar-refractivity contribution is 1.48. The second kappa shape index (κ2) is 3.25. The van der Waals surface area contributed by atoms with Crippen LogP contribution in [0.4, 0.5) is 0 Å². The van der Waals surface area contributed by atoms with Gasteiger partial charge in [0, 0.05) is 1.43 Å². The summed E-state index contributed by atoms with van der Waals surface area (Å²) in [6, 6.07) is 10.3. The Morgan fingerprint density at radius 2 is 1.62 bits per heavy atom. The fraction of sp³-hybridized carbons (Fsp3) is 0.250. The first kappa shape index (κ1) is 7.22. The third kappa shape index (κ3) is 1.78. The molecule has 0 saturated carbocycles. The molecule has 0 radical (unpaired) electrons. The van der Waals surface area contributed by atoms with E-state index in [1.807, 2.05) is 18.2 Å². The van der Waals surface area contributed by atoms with Crippen LogP contribution in [0.5, 0.6) is 0 Å². The SMILES string of the molecule is C.Cc1ccccc1.[2HH]. The molecule has 0 heterocycles. The van der Waals surface area contributed by atoms with E-state index in [4.69, 9.17) is 0 Å². The van der Waals surface area contributed by atoms with Crippen molar-refractivity contribution in [1.29, 1.82) is 0 Å². The van der Waals surface area contributed by atoms with Gasteiger partial charge in [0.15, 0.2) is 0 Å². The van der Waals surface area contributed by atoms with E-state index in [-0.39, 0.29) is 8.85 Å². The molecule has 0 heteroatoms. The highest BCUT2D eigenvalue weighted by molar-refractivity contribution is 5.11. The van der Waals surface area contributed by atoms with Crippen molar-refractivity contribution in [3.8, 4) is 0 Å². The molecule has 1 rings (SSSR count). The Labute approximate surface area is 52.7 Å². The molecule has 46 valence electrons. The van der Waals surface area contributed by atoms with Crippen molar-refractivity contribution >= 4 is 0 Å². The number of benzene rings is 1. The minimum absolute atomic E-state index is 0. The first-order valence-corrected chi connectivity index (χ1v) is 2.41. The summed E-state index contributed by atoms with van der Waals surface area (Å²) in [4.78, 5) is 0. The molecule has 1 aromatic rings. The van der Waals surface area contributed by atoms with E-state index in [9.17, 15) is 0 Å². The first-order valence-electron chi connectivity index (χ1n) is 2.41. The van der Waals surface area contributed by atoms with E-state index in [2.05, 4.69) is 19.1 Å². The van der Waals surface area contributed by atoms with Crippen molar-refractivity contribution in [1.82, 2.24) is 0 Å². The van der Waals surface area contributed by atoms with Gasteiger partial charge in [0.1, 0.15) is 0 Å². The smallest absolute Gasteiger partial charge is 0 e. The number of rotatable bonds is 0. The quantitative estimate of drug-likeness (QED) is 0.483. The van der Waals surface area contributed by atoms with Crippen LogP contribution in [-0.2, 0) is 0 Å². The normalized spacial score (nSPS) is 7.62. The van der Waals surface area contributed by atoms with Crippen molar-refractivity contribution in [2.45, 2.75) is 14.4 Å². The fourth-order valence-electron chi connectivity index (χ4n) is 0.534. The lowest BCUT2D eigenvalue weighted by atomic mass is 10.2. The van der Waals surface area contributed by atoms with Crippen LogP contribution in [0.25, 0.3) is 0 Å². The molecule has 0 atom stereocenters. The predicted molar refractivity (Wildman–Crippen MR) is 40.0 cm³/mol. The van der Waals surface area contributed by atoms with Crippen molar-refractivity contribution in [2.75, 3.05) is 0 Å². The Kier molecular flexibility index (Phi) is 2.93. The average Bonchev–Trinajstić information content (AvgIpc) is 1.69. The molecule has 0 saturated heterocycles. The predicted octanol–water partition coefficient (Wildman–Crippen LogP) is 2.88. The van der Waals surface area contributed by atoms with Crippen molar-refractivity contribution in [2.24, 2.45) is 0 Å². The van der Waals surface area contributed by atoms with Gasteiger partial charge in [0.25, 0.3) is 0 Å². The van der Waals surface area contributed by atoms with Crippen molar-refractivity contribution < 1.29 is 1.43 Å². The van der Waals surface area contributed by atoms with Crippen LogP contribution < -0.4 is 0 Å². The van der Waals surface area contributed by atoms with Gasteiger partial charge in [0.2, 0.25) is 0 Å². The van der Waals surface area contributed by atoms with E-state index in [0.717, 1.165) is 0 Å². The molecular formula is C8H14.